The molecule has 2 N–H and O–H groups in total. The Morgan fingerprint density at radius 3 is 2.84 bits per heavy atom. The Kier molecular flexibility index (Phi) is 4.36. The molecule has 0 saturated heterocycles. The minimum absolute atomic E-state index is 0.194. The first-order chi connectivity index (χ1) is 15.7. The summed E-state index contributed by atoms with van der Waals surface area (Å²) in [5.41, 5.74) is 2.01. The van der Waals surface area contributed by atoms with Gasteiger partial charge in [-0.3, -0.25) is 4.79 Å². The third kappa shape index (κ3) is 3.36. The van der Waals surface area contributed by atoms with E-state index < -0.39 is 0 Å². The van der Waals surface area contributed by atoms with E-state index in [1.807, 2.05) is 42.5 Å². The van der Waals surface area contributed by atoms with Gasteiger partial charge in [0.1, 0.15) is 5.82 Å². The number of thiazole rings is 1. The van der Waals surface area contributed by atoms with Crippen LogP contribution in [0.1, 0.15) is 10.4 Å². The van der Waals surface area contributed by atoms with Crippen LogP contribution < -0.4 is 20.1 Å². The standard InChI is InChI=1S/C24H16N4O3S/c29-23(26-16-6-8-19-20(12-16)31-13-30-19)15-5-7-18-21(11-15)32-24(27-18)28-22-17-4-2-1-3-14(17)9-10-25-22/h1-12H,13H2,(H,26,29)(H,25,27,28). The third-order valence-electron chi connectivity index (χ3n) is 5.18. The molecule has 1 aliphatic heterocycles. The number of nitrogens with zero attached hydrogens (tertiary/aromatic N) is 2. The SMILES string of the molecule is O=C(Nc1ccc2c(c1)OCO2)c1ccc2nc(Nc3nccc4ccccc34)sc2c1. The van der Waals surface area contributed by atoms with Gasteiger partial charge in [-0.2, -0.15) is 0 Å². The van der Waals surface area contributed by atoms with Gasteiger partial charge in [0.15, 0.2) is 16.6 Å². The summed E-state index contributed by atoms with van der Waals surface area (Å²) < 4.78 is 11.6. The van der Waals surface area contributed by atoms with Crippen LogP contribution in [0.4, 0.5) is 16.6 Å². The predicted octanol–water partition coefficient (Wildman–Crippen LogP) is 5.57. The molecule has 3 heterocycles. The number of hydrogen-bond acceptors (Lipinski definition) is 7. The predicted molar refractivity (Wildman–Crippen MR) is 125 cm³/mol. The highest BCUT2D eigenvalue weighted by molar-refractivity contribution is 7.22. The molecule has 0 saturated carbocycles. The highest BCUT2D eigenvalue weighted by Crippen LogP contribution is 2.35. The number of nitrogens with one attached hydrogen (secondary N) is 2. The number of hydrogen-bond donors (Lipinski definition) is 2. The van der Waals surface area contributed by atoms with E-state index in [2.05, 4.69) is 20.6 Å². The quantitative estimate of drug-likeness (QED) is 0.380. The molecule has 156 valence electrons. The van der Waals surface area contributed by atoms with Crippen LogP contribution in [0.3, 0.4) is 0 Å². The zero-order valence-electron chi connectivity index (χ0n) is 16.7. The highest BCUT2D eigenvalue weighted by atomic mass is 32.1. The number of fused-ring (bicyclic) bond motifs is 3. The van der Waals surface area contributed by atoms with Crippen LogP contribution in [0.15, 0.2) is 72.9 Å². The second-order valence-corrected chi connectivity index (χ2v) is 8.26. The van der Waals surface area contributed by atoms with E-state index >= 15 is 0 Å². The topological polar surface area (TPSA) is 85.4 Å². The van der Waals surface area contributed by atoms with Gasteiger partial charge in [-0.15, -0.1) is 0 Å². The van der Waals surface area contributed by atoms with E-state index in [1.54, 1.807) is 30.5 Å². The van der Waals surface area contributed by atoms with Gasteiger partial charge in [0, 0.05) is 28.9 Å². The lowest BCUT2D eigenvalue weighted by Gasteiger charge is -2.06. The van der Waals surface area contributed by atoms with Crippen molar-refractivity contribution in [3.63, 3.8) is 0 Å². The summed E-state index contributed by atoms with van der Waals surface area (Å²) in [5, 5.41) is 9.07. The summed E-state index contributed by atoms with van der Waals surface area (Å²) in [7, 11) is 0. The number of aromatic nitrogens is 2. The van der Waals surface area contributed by atoms with Crippen LogP contribution in [0.25, 0.3) is 21.0 Å². The van der Waals surface area contributed by atoms with Gasteiger partial charge in [0.2, 0.25) is 6.79 Å². The number of benzene rings is 3. The summed E-state index contributed by atoms with van der Waals surface area (Å²) >= 11 is 1.48. The molecule has 0 aliphatic carbocycles. The molecule has 0 unspecified atom stereocenters. The Labute approximate surface area is 186 Å². The second-order valence-electron chi connectivity index (χ2n) is 7.23. The van der Waals surface area contributed by atoms with Gasteiger partial charge in [-0.1, -0.05) is 35.6 Å². The van der Waals surface area contributed by atoms with Crippen LogP contribution in [0, 0.1) is 0 Å². The van der Waals surface area contributed by atoms with Gasteiger partial charge in [0.25, 0.3) is 5.91 Å². The van der Waals surface area contributed by atoms with Gasteiger partial charge >= 0.3 is 0 Å². The van der Waals surface area contributed by atoms with Gasteiger partial charge in [-0.05, 0) is 41.8 Å². The first-order valence-electron chi connectivity index (χ1n) is 9.95. The normalized spacial score (nSPS) is 12.2. The molecule has 0 bridgehead atoms. The Morgan fingerprint density at radius 1 is 0.969 bits per heavy atom. The molecule has 0 radical (unpaired) electrons. The maximum atomic E-state index is 12.8. The van der Waals surface area contributed by atoms with Crippen LogP contribution in [-0.2, 0) is 0 Å². The fourth-order valence-electron chi connectivity index (χ4n) is 3.62. The summed E-state index contributed by atoms with van der Waals surface area (Å²) in [4.78, 5) is 21.9. The maximum Gasteiger partial charge on any atom is 0.255 e. The molecule has 2 aromatic heterocycles. The van der Waals surface area contributed by atoms with Crippen molar-refractivity contribution >= 4 is 54.9 Å². The number of carbonyl (C=O) groups excluding carboxylic acids is 1. The molecule has 32 heavy (non-hydrogen) atoms. The molecule has 6 rings (SSSR count). The number of anilines is 3. The van der Waals surface area contributed by atoms with Crippen molar-refractivity contribution < 1.29 is 14.3 Å². The van der Waals surface area contributed by atoms with Crippen LogP contribution >= 0.6 is 11.3 Å². The molecule has 5 aromatic rings. The number of pyridine rings is 1. The zero-order valence-corrected chi connectivity index (χ0v) is 17.5. The fraction of sp³-hybridized carbons (Fsp3) is 0.0417. The van der Waals surface area contributed by atoms with Crippen molar-refractivity contribution in [1.82, 2.24) is 9.97 Å². The minimum Gasteiger partial charge on any atom is -0.454 e. The summed E-state index contributed by atoms with van der Waals surface area (Å²) in [6.07, 6.45) is 1.77. The van der Waals surface area contributed by atoms with Gasteiger partial charge in [-0.25, -0.2) is 9.97 Å². The van der Waals surface area contributed by atoms with Crippen molar-refractivity contribution in [3.8, 4) is 11.5 Å². The average molecular weight is 440 g/mol. The number of rotatable bonds is 4. The largest absolute Gasteiger partial charge is 0.454 e. The molecule has 0 fully saturated rings. The Morgan fingerprint density at radius 2 is 1.88 bits per heavy atom. The fourth-order valence-corrected chi connectivity index (χ4v) is 4.52. The molecular formula is C24H16N4O3S. The van der Waals surface area contributed by atoms with E-state index in [-0.39, 0.29) is 12.7 Å². The third-order valence-corrected chi connectivity index (χ3v) is 6.11. The van der Waals surface area contributed by atoms with Crippen molar-refractivity contribution in [2.45, 2.75) is 0 Å². The van der Waals surface area contributed by atoms with E-state index in [9.17, 15) is 4.79 Å². The lowest BCUT2D eigenvalue weighted by atomic mass is 10.1. The molecular weight excluding hydrogens is 424 g/mol. The van der Waals surface area contributed by atoms with Crippen molar-refractivity contribution in [3.05, 3.63) is 78.5 Å². The van der Waals surface area contributed by atoms with Crippen LogP contribution in [-0.4, -0.2) is 22.7 Å². The summed E-state index contributed by atoms with van der Waals surface area (Å²) in [6, 6.07) is 20.8. The molecule has 7 nitrogen and oxygen atoms in total. The monoisotopic (exact) mass is 440 g/mol. The van der Waals surface area contributed by atoms with Gasteiger partial charge in [0.05, 0.1) is 10.2 Å². The summed E-state index contributed by atoms with van der Waals surface area (Å²) in [6.45, 7) is 0.194. The molecule has 3 aromatic carbocycles. The van der Waals surface area contributed by atoms with Crippen molar-refractivity contribution in [2.75, 3.05) is 17.4 Å². The van der Waals surface area contributed by atoms with Crippen LogP contribution in [0.2, 0.25) is 0 Å². The smallest absolute Gasteiger partial charge is 0.255 e. The summed E-state index contributed by atoms with van der Waals surface area (Å²) in [5.74, 6) is 1.85. The number of ether oxygens (including phenoxy) is 2. The average Bonchev–Trinajstić information content (AvgIpc) is 3.44. The first-order valence-corrected chi connectivity index (χ1v) is 10.8. The maximum absolute atomic E-state index is 12.8. The molecule has 1 aliphatic rings. The van der Waals surface area contributed by atoms with Crippen LogP contribution in [0.5, 0.6) is 11.5 Å². The Bertz CT molecular complexity index is 1490. The molecule has 8 heteroatoms. The van der Waals surface area contributed by atoms with E-state index in [1.165, 1.54) is 11.3 Å². The Balaban J connectivity index is 1.25. The number of carbonyl (C=O) groups is 1. The van der Waals surface area contributed by atoms with Crippen molar-refractivity contribution in [1.29, 1.82) is 0 Å². The molecule has 0 atom stereocenters. The number of amides is 1. The second kappa shape index (κ2) is 7.51. The Hall–Kier alpha value is -4.17. The van der Waals surface area contributed by atoms with Gasteiger partial charge < -0.3 is 20.1 Å². The van der Waals surface area contributed by atoms with E-state index in [0.29, 0.717) is 22.7 Å². The lowest BCUT2D eigenvalue weighted by molar-refractivity contribution is 0.102. The van der Waals surface area contributed by atoms with Crippen molar-refractivity contribution in [2.24, 2.45) is 0 Å². The minimum atomic E-state index is -0.204. The molecule has 0 spiro atoms. The highest BCUT2D eigenvalue weighted by Gasteiger charge is 2.15. The lowest BCUT2D eigenvalue weighted by Crippen LogP contribution is -2.11. The first kappa shape index (κ1) is 18.6. The zero-order chi connectivity index (χ0) is 21.5. The van der Waals surface area contributed by atoms with E-state index in [4.69, 9.17) is 9.47 Å². The molecule has 1 amide bonds. The van der Waals surface area contributed by atoms with E-state index in [0.717, 1.165) is 31.9 Å².